The second-order valence-electron chi connectivity index (χ2n) is 4.99. The minimum absolute atomic E-state index is 0.158. The number of halogens is 2. The number of ether oxygens (including phenoxy) is 1. The SMILES string of the molecule is CCCCOCCCNS(=O)(=O)c1ccc(S(=O)(=O)C(F)F)cc1. The molecule has 0 aliphatic heterocycles. The molecule has 0 aromatic heterocycles. The molecule has 0 unspecified atom stereocenters. The number of unbranched alkanes of at least 4 members (excludes halogenated alkanes) is 1. The van der Waals surface area contributed by atoms with Gasteiger partial charge in [-0.2, -0.15) is 8.78 Å². The van der Waals surface area contributed by atoms with Gasteiger partial charge >= 0.3 is 5.76 Å². The highest BCUT2D eigenvalue weighted by Gasteiger charge is 2.26. The Bertz CT molecular complexity index is 703. The van der Waals surface area contributed by atoms with Gasteiger partial charge < -0.3 is 4.74 Å². The zero-order valence-electron chi connectivity index (χ0n) is 13.2. The summed E-state index contributed by atoms with van der Waals surface area (Å²) in [6, 6.07) is 3.67. The minimum atomic E-state index is -4.74. The van der Waals surface area contributed by atoms with E-state index < -0.39 is 30.5 Å². The van der Waals surface area contributed by atoms with Crippen molar-refractivity contribution in [2.45, 2.75) is 41.7 Å². The van der Waals surface area contributed by atoms with Crippen molar-refractivity contribution in [2.75, 3.05) is 19.8 Å². The van der Waals surface area contributed by atoms with Crippen LogP contribution in [0, 0.1) is 0 Å². The van der Waals surface area contributed by atoms with Gasteiger partial charge in [0.1, 0.15) is 0 Å². The van der Waals surface area contributed by atoms with Crippen LogP contribution < -0.4 is 4.72 Å². The summed E-state index contributed by atoms with van der Waals surface area (Å²) in [5, 5.41) is 0. The Morgan fingerprint density at radius 2 is 1.54 bits per heavy atom. The van der Waals surface area contributed by atoms with Gasteiger partial charge in [0.15, 0.2) is 0 Å². The van der Waals surface area contributed by atoms with Gasteiger partial charge in [0.25, 0.3) is 0 Å². The van der Waals surface area contributed by atoms with E-state index in [4.69, 9.17) is 4.74 Å². The highest BCUT2D eigenvalue weighted by molar-refractivity contribution is 7.91. The van der Waals surface area contributed by atoms with Crippen molar-refractivity contribution >= 4 is 19.9 Å². The second-order valence-corrected chi connectivity index (χ2v) is 8.68. The van der Waals surface area contributed by atoms with E-state index in [0.29, 0.717) is 19.6 Å². The quantitative estimate of drug-likeness (QED) is 0.590. The third-order valence-electron chi connectivity index (χ3n) is 3.10. The Morgan fingerprint density at radius 1 is 1.00 bits per heavy atom. The zero-order valence-corrected chi connectivity index (χ0v) is 14.9. The summed E-state index contributed by atoms with van der Waals surface area (Å²) < 4.78 is 79.1. The Hall–Kier alpha value is -1.10. The third-order valence-corrected chi connectivity index (χ3v) is 5.97. The molecule has 1 rings (SSSR count). The van der Waals surface area contributed by atoms with Crippen molar-refractivity contribution in [3.8, 4) is 0 Å². The van der Waals surface area contributed by atoms with Gasteiger partial charge in [0, 0.05) is 19.8 Å². The second kappa shape index (κ2) is 9.40. The fraction of sp³-hybridized carbons (Fsp3) is 0.571. The average Bonchev–Trinajstić information content (AvgIpc) is 2.54. The van der Waals surface area contributed by atoms with Crippen LogP contribution in [-0.4, -0.2) is 42.4 Å². The molecule has 0 atom stereocenters. The topological polar surface area (TPSA) is 89.5 Å². The first-order valence-corrected chi connectivity index (χ1v) is 10.4. The van der Waals surface area contributed by atoms with Crippen LogP contribution in [0.2, 0.25) is 0 Å². The summed E-state index contributed by atoms with van der Waals surface area (Å²) in [5.41, 5.74) is 0. The van der Waals surface area contributed by atoms with Gasteiger partial charge in [0.2, 0.25) is 19.9 Å². The van der Waals surface area contributed by atoms with Crippen LogP contribution in [0.1, 0.15) is 26.2 Å². The fourth-order valence-corrected chi connectivity index (χ4v) is 3.52. The zero-order chi connectivity index (χ0) is 18.2. The van der Waals surface area contributed by atoms with Crippen molar-refractivity contribution in [3.05, 3.63) is 24.3 Å². The van der Waals surface area contributed by atoms with E-state index in [1.807, 2.05) is 6.92 Å². The lowest BCUT2D eigenvalue weighted by Crippen LogP contribution is -2.25. The predicted molar refractivity (Wildman–Crippen MR) is 85.2 cm³/mol. The number of nitrogens with one attached hydrogen (secondary N) is 1. The summed E-state index contributed by atoms with van der Waals surface area (Å²) >= 11 is 0. The number of hydrogen-bond acceptors (Lipinski definition) is 5. The highest BCUT2D eigenvalue weighted by atomic mass is 32.2. The third kappa shape index (κ3) is 6.08. The van der Waals surface area contributed by atoms with Crippen molar-refractivity contribution in [1.82, 2.24) is 4.72 Å². The molecule has 0 radical (unpaired) electrons. The molecule has 6 nitrogen and oxygen atoms in total. The first kappa shape index (κ1) is 20.9. The highest BCUT2D eigenvalue weighted by Crippen LogP contribution is 2.20. The minimum Gasteiger partial charge on any atom is -0.381 e. The smallest absolute Gasteiger partial charge is 0.341 e. The van der Waals surface area contributed by atoms with Gasteiger partial charge in [-0.3, -0.25) is 0 Å². The molecule has 1 aromatic rings. The molecule has 0 spiro atoms. The molecule has 1 aromatic carbocycles. The summed E-state index contributed by atoms with van der Waals surface area (Å²) in [7, 11) is -8.56. The molecule has 1 N–H and O–H groups in total. The number of sulfone groups is 1. The van der Waals surface area contributed by atoms with Crippen LogP contribution in [-0.2, 0) is 24.6 Å². The fourth-order valence-electron chi connectivity index (χ4n) is 1.72. The Balaban J connectivity index is 2.59. The van der Waals surface area contributed by atoms with Gasteiger partial charge in [-0.25, -0.2) is 21.6 Å². The van der Waals surface area contributed by atoms with Gasteiger partial charge in [-0.15, -0.1) is 0 Å². The van der Waals surface area contributed by atoms with Gasteiger partial charge in [-0.1, -0.05) is 13.3 Å². The van der Waals surface area contributed by atoms with Crippen LogP contribution in [0.5, 0.6) is 0 Å². The maximum absolute atomic E-state index is 12.4. The van der Waals surface area contributed by atoms with E-state index in [2.05, 4.69) is 4.72 Å². The Kier molecular flexibility index (Phi) is 8.20. The molecule has 138 valence electrons. The molecule has 0 saturated carbocycles. The Labute approximate surface area is 141 Å². The molecule has 0 saturated heterocycles. The monoisotopic (exact) mass is 385 g/mol. The molecular weight excluding hydrogens is 364 g/mol. The van der Waals surface area contributed by atoms with Crippen LogP contribution in [0.4, 0.5) is 8.78 Å². The number of sulfonamides is 1. The predicted octanol–water partition coefficient (Wildman–Crippen LogP) is 2.17. The first-order chi connectivity index (χ1) is 11.2. The molecule has 0 fully saturated rings. The van der Waals surface area contributed by atoms with E-state index in [0.717, 1.165) is 37.1 Å². The van der Waals surface area contributed by atoms with Crippen LogP contribution in [0.3, 0.4) is 0 Å². The Morgan fingerprint density at radius 3 is 2.08 bits per heavy atom. The first-order valence-electron chi connectivity index (χ1n) is 7.41. The maximum Gasteiger partial charge on any atom is 0.341 e. The van der Waals surface area contributed by atoms with E-state index >= 15 is 0 Å². The molecule has 0 aliphatic rings. The summed E-state index contributed by atoms with van der Waals surface area (Å²) in [5.74, 6) is -3.55. The van der Waals surface area contributed by atoms with Crippen LogP contribution in [0.15, 0.2) is 34.1 Å². The number of benzene rings is 1. The van der Waals surface area contributed by atoms with Crippen LogP contribution in [0.25, 0.3) is 0 Å². The molecule has 10 heteroatoms. The van der Waals surface area contributed by atoms with Crippen molar-refractivity contribution in [3.63, 3.8) is 0 Å². The van der Waals surface area contributed by atoms with E-state index in [9.17, 15) is 25.6 Å². The van der Waals surface area contributed by atoms with Crippen molar-refractivity contribution in [1.29, 1.82) is 0 Å². The van der Waals surface area contributed by atoms with Gasteiger partial charge in [0.05, 0.1) is 9.79 Å². The van der Waals surface area contributed by atoms with Crippen LogP contribution >= 0.6 is 0 Å². The van der Waals surface area contributed by atoms with E-state index in [1.54, 1.807) is 0 Å². The molecule has 0 aliphatic carbocycles. The van der Waals surface area contributed by atoms with Crippen molar-refractivity contribution in [2.24, 2.45) is 0 Å². The van der Waals surface area contributed by atoms with Crippen molar-refractivity contribution < 1.29 is 30.4 Å². The number of rotatable bonds is 11. The molecule has 24 heavy (non-hydrogen) atoms. The number of hydrogen-bond donors (Lipinski definition) is 1. The molecule has 0 amide bonds. The lowest BCUT2D eigenvalue weighted by atomic mass is 10.4. The van der Waals surface area contributed by atoms with Gasteiger partial charge in [-0.05, 0) is 37.1 Å². The molecule has 0 bridgehead atoms. The average molecular weight is 385 g/mol. The normalized spacial score (nSPS) is 12.7. The van der Waals surface area contributed by atoms with E-state index in [1.165, 1.54) is 0 Å². The number of alkyl halides is 2. The molecule has 0 heterocycles. The maximum atomic E-state index is 12.4. The lowest BCUT2D eigenvalue weighted by Gasteiger charge is -2.08. The lowest BCUT2D eigenvalue weighted by molar-refractivity contribution is 0.130. The standard InChI is InChI=1S/C14H21F2NO5S2/c1-2-3-10-22-11-4-9-17-24(20,21)13-7-5-12(6-8-13)23(18,19)14(15)16/h5-8,14,17H,2-4,9-11H2,1H3. The summed E-state index contributed by atoms with van der Waals surface area (Å²) in [6.45, 7) is 3.25. The largest absolute Gasteiger partial charge is 0.381 e. The summed E-state index contributed by atoms with van der Waals surface area (Å²) in [4.78, 5) is -0.816. The van der Waals surface area contributed by atoms with E-state index in [-0.39, 0.29) is 11.4 Å². The summed E-state index contributed by atoms with van der Waals surface area (Å²) in [6.07, 6.45) is 2.45. The molecular formula is C14H21F2NO5S2.